The lowest BCUT2D eigenvalue weighted by Crippen LogP contribution is -2.23. The van der Waals surface area contributed by atoms with Gasteiger partial charge >= 0.3 is 0 Å². The average molecular weight is 372 g/mol. The van der Waals surface area contributed by atoms with E-state index in [-0.39, 0.29) is 11.7 Å². The number of aromatic nitrogens is 1. The van der Waals surface area contributed by atoms with Gasteiger partial charge in [-0.05, 0) is 36.5 Å². The summed E-state index contributed by atoms with van der Waals surface area (Å²) in [7, 11) is 0. The molecule has 2 aliphatic rings. The van der Waals surface area contributed by atoms with Crippen molar-refractivity contribution in [3.8, 4) is 5.75 Å². The van der Waals surface area contributed by atoms with Crippen LogP contribution in [0.5, 0.6) is 5.75 Å². The van der Waals surface area contributed by atoms with Crippen LogP contribution < -0.4 is 10.6 Å². The van der Waals surface area contributed by atoms with Crippen molar-refractivity contribution in [1.29, 1.82) is 0 Å². The molecule has 4 rings (SSSR count). The summed E-state index contributed by atoms with van der Waals surface area (Å²) >= 11 is 1.65. The standard InChI is InChI=1S/C20H25N3O2S/c24-17-7-6-14(13-4-2-1-3-5-13)10-15(17)20(25)22-12-19-23-16-8-9-21-11-18(16)26-19/h6-7,10,13,21,24H,1-5,8-9,11-12H2,(H,22,25). The Hall–Kier alpha value is -1.92. The Kier molecular flexibility index (Phi) is 5.22. The van der Waals surface area contributed by atoms with Crippen LogP contribution in [0.1, 0.15) is 69.5 Å². The number of nitrogens with one attached hydrogen (secondary N) is 2. The number of amides is 1. The molecular weight excluding hydrogens is 346 g/mol. The van der Waals surface area contributed by atoms with Crippen LogP contribution in [0.2, 0.25) is 0 Å². The van der Waals surface area contributed by atoms with Crippen LogP contribution >= 0.6 is 11.3 Å². The highest BCUT2D eigenvalue weighted by atomic mass is 32.1. The number of phenols is 1. The number of thiazole rings is 1. The third kappa shape index (κ3) is 3.76. The molecule has 2 aromatic rings. The normalized spacial score (nSPS) is 17.7. The first kappa shape index (κ1) is 17.5. The highest BCUT2D eigenvalue weighted by Crippen LogP contribution is 2.34. The van der Waals surface area contributed by atoms with E-state index >= 15 is 0 Å². The van der Waals surface area contributed by atoms with Crippen molar-refractivity contribution in [3.05, 3.63) is 44.9 Å². The minimum Gasteiger partial charge on any atom is -0.507 e. The van der Waals surface area contributed by atoms with Gasteiger partial charge in [0, 0.05) is 24.4 Å². The Morgan fingerprint density at radius 1 is 1.31 bits per heavy atom. The quantitative estimate of drug-likeness (QED) is 0.769. The lowest BCUT2D eigenvalue weighted by atomic mass is 9.83. The number of fused-ring (bicyclic) bond motifs is 1. The highest BCUT2D eigenvalue weighted by Gasteiger charge is 2.20. The summed E-state index contributed by atoms with van der Waals surface area (Å²) in [5.74, 6) is 0.324. The van der Waals surface area contributed by atoms with Crippen molar-refractivity contribution in [3.63, 3.8) is 0 Å². The molecule has 1 aromatic heterocycles. The van der Waals surface area contributed by atoms with Crippen LogP contribution in [0.3, 0.4) is 0 Å². The Morgan fingerprint density at radius 3 is 2.96 bits per heavy atom. The van der Waals surface area contributed by atoms with Crippen molar-refractivity contribution in [1.82, 2.24) is 15.6 Å². The molecule has 6 heteroatoms. The Morgan fingerprint density at radius 2 is 2.15 bits per heavy atom. The fourth-order valence-corrected chi connectivity index (χ4v) is 4.96. The van der Waals surface area contributed by atoms with E-state index in [1.54, 1.807) is 17.4 Å². The van der Waals surface area contributed by atoms with Crippen molar-refractivity contribution in [2.45, 2.75) is 57.5 Å². The van der Waals surface area contributed by atoms with Gasteiger partial charge in [-0.2, -0.15) is 0 Å². The number of rotatable bonds is 4. The number of benzene rings is 1. The van der Waals surface area contributed by atoms with Crippen molar-refractivity contribution >= 4 is 17.2 Å². The molecule has 5 nitrogen and oxygen atoms in total. The van der Waals surface area contributed by atoms with Crippen LogP contribution in [-0.2, 0) is 19.5 Å². The number of nitrogens with zero attached hydrogens (tertiary/aromatic N) is 1. The van der Waals surface area contributed by atoms with Crippen LogP contribution in [0, 0.1) is 0 Å². The summed E-state index contributed by atoms with van der Waals surface area (Å²) in [6.07, 6.45) is 7.08. The molecular formula is C20H25N3O2S. The van der Waals surface area contributed by atoms with Gasteiger partial charge in [0.05, 0.1) is 17.8 Å². The summed E-state index contributed by atoms with van der Waals surface area (Å²) in [5, 5.41) is 17.3. The molecule has 2 heterocycles. The minimum absolute atomic E-state index is 0.0460. The zero-order chi connectivity index (χ0) is 17.9. The SMILES string of the molecule is O=C(NCc1nc2c(s1)CNCC2)c1cc(C2CCCCC2)ccc1O. The van der Waals surface area contributed by atoms with Gasteiger partial charge in [-0.25, -0.2) is 4.98 Å². The van der Waals surface area contributed by atoms with E-state index in [1.165, 1.54) is 42.5 Å². The largest absolute Gasteiger partial charge is 0.507 e. The van der Waals surface area contributed by atoms with E-state index < -0.39 is 0 Å². The molecule has 0 unspecified atom stereocenters. The molecule has 0 atom stereocenters. The first-order valence-corrected chi connectivity index (χ1v) is 10.3. The maximum absolute atomic E-state index is 12.6. The van der Waals surface area contributed by atoms with E-state index in [2.05, 4.69) is 15.6 Å². The van der Waals surface area contributed by atoms with E-state index in [1.807, 2.05) is 12.1 Å². The lowest BCUT2D eigenvalue weighted by Gasteiger charge is -2.22. The number of aromatic hydroxyl groups is 1. The average Bonchev–Trinajstić information content (AvgIpc) is 3.10. The van der Waals surface area contributed by atoms with E-state index in [9.17, 15) is 9.90 Å². The Balaban J connectivity index is 1.44. The van der Waals surface area contributed by atoms with Gasteiger partial charge in [-0.15, -0.1) is 11.3 Å². The van der Waals surface area contributed by atoms with Crippen LogP contribution in [-0.4, -0.2) is 22.5 Å². The second kappa shape index (κ2) is 7.76. The molecule has 0 radical (unpaired) electrons. The number of hydrogen-bond donors (Lipinski definition) is 3. The van der Waals surface area contributed by atoms with Crippen molar-refractivity contribution < 1.29 is 9.90 Å². The fourth-order valence-electron chi connectivity index (χ4n) is 3.93. The van der Waals surface area contributed by atoms with Gasteiger partial charge in [0.1, 0.15) is 10.8 Å². The summed E-state index contributed by atoms with van der Waals surface area (Å²) in [4.78, 5) is 18.5. The highest BCUT2D eigenvalue weighted by molar-refractivity contribution is 7.11. The molecule has 26 heavy (non-hydrogen) atoms. The molecule has 0 bridgehead atoms. The maximum Gasteiger partial charge on any atom is 0.255 e. The predicted octanol–water partition coefficient (Wildman–Crippen LogP) is 3.47. The Bertz CT molecular complexity index is 773. The van der Waals surface area contributed by atoms with Gasteiger partial charge in [-0.1, -0.05) is 25.3 Å². The zero-order valence-corrected chi connectivity index (χ0v) is 15.7. The molecule has 0 spiro atoms. The van der Waals surface area contributed by atoms with Crippen LogP contribution in [0.25, 0.3) is 0 Å². The van der Waals surface area contributed by atoms with Gasteiger partial charge in [0.25, 0.3) is 5.91 Å². The molecule has 138 valence electrons. The smallest absolute Gasteiger partial charge is 0.255 e. The summed E-state index contributed by atoms with van der Waals surface area (Å²) in [5.41, 5.74) is 2.69. The number of carbonyl (C=O) groups is 1. The monoisotopic (exact) mass is 371 g/mol. The van der Waals surface area contributed by atoms with E-state index in [0.717, 1.165) is 30.2 Å². The second-order valence-corrected chi connectivity index (χ2v) is 8.37. The summed E-state index contributed by atoms with van der Waals surface area (Å²) < 4.78 is 0. The minimum atomic E-state index is -0.230. The fraction of sp³-hybridized carbons (Fsp3) is 0.500. The molecule has 1 aliphatic heterocycles. The molecule has 1 saturated carbocycles. The van der Waals surface area contributed by atoms with Gasteiger partial charge in [0.2, 0.25) is 0 Å². The first-order valence-electron chi connectivity index (χ1n) is 9.50. The third-order valence-electron chi connectivity index (χ3n) is 5.39. The number of hydrogen-bond acceptors (Lipinski definition) is 5. The molecule has 1 aliphatic carbocycles. The summed E-state index contributed by atoms with van der Waals surface area (Å²) in [6, 6.07) is 5.49. The van der Waals surface area contributed by atoms with Gasteiger partial charge in [0.15, 0.2) is 0 Å². The first-order chi connectivity index (χ1) is 12.7. The summed E-state index contributed by atoms with van der Waals surface area (Å²) in [6.45, 7) is 2.24. The molecule has 1 fully saturated rings. The van der Waals surface area contributed by atoms with E-state index in [4.69, 9.17) is 0 Å². The predicted molar refractivity (Wildman–Crippen MR) is 103 cm³/mol. The Labute approximate surface area is 157 Å². The van der Waals surface area contributed by atoms with E-state index in [0.29, 0.717) is 18.0 Å². The lowest BCUT2D eigenvalue weighted by molar-refractivity contribution is 0.0948. The molecule has 1 aromatic carbocycles. The third-order valence-corrected chi connectivity index (χ3v) is 6.49. The van der Waals surface area contributed by atoms with Gasteiger partial charge < -0.3 is 15.7 Å². The zero-order valence-electron chi connectivity index (χ0n) is 14.9. The topological polar surface area (TPSA) is 74.2 Å². The van der Waals surface area contributed by atoms with Crippen LogP contribution in [0.15, 0.2) is 18.2 Å². The number of phenolic OH excluding ortho intramolecular Hbond substituents is 1. The molecule has 0 saturated heterocycles. The van der Waals surface area contributed by atoms with Gasteiger partial charge in [-0.3, -0.25) is 4.79 Å². The maximum atomic E-state index is 12.6. The van der Waals surface area contributed by atoms with Crippen LogP contribution in [0.4, 0.5) is 0 Å². The van der Waals surface area contributed by atoms with Crippen molar-refractivity contribution in [2.75, 3.05) is 6.54 Å². The number of carbonyl (C=O) groups excluding carboxylic acids is 1. The molecule has 3 N–H and O–H groups in total. The second-order valence-electron chi connectivity index (χ2n) is 7.20. The molecule has 1 amide bonds. The van der Waals surface area contributed by atoms with Crippen molar-refractivity contribution in [2.24, 2.45) is 0 Å².